The summed E-state index contributed by atoms with van der Waals surface area (Å²) in [5.74, 6) is 1.04. The molecule has 4 heteroatoms. The van der Waals surface area contributed by atoms with Gasteiger partial charge in [0.25, 0.3) is 0 Å². The fourth-order valence-electron chi connectivity index (χ4n) is 2.32. The molecule has 0 spiro atoms. The van der Waals surface area contributed by atoms with Gasteiger partial charge in [0.1, 0.15) is 0 Å². The van der Waals surface area contributed by atoms with Gasteiger partial charge in [-0.15, -0.1) is 0 Å². The van der Waals surface area contributed by atoms with Gasteiger partial charge in [-0.1, -0.05) is 6.08 Å². The normalized spacial score (nSPS) is 19.0. The maximum atomic E-state index is 10.8. The van der Waals surface area contributed by atoms with E-state index in [1.54, 1.807) is 13.0 Å². The topological polar surface area (TPSA) is 55.8 Å². The number of hydrogen-bond donors (Lipinski definition) is 1. The van der Waals surface area contributed by atoms with E-state index in [1.165, 1.54) is 0 Å². The SMILES string of the molecule is CC(=CCC(OC1=CCCC1)OC1=CCCC1)C(=O)O. The fraction of sp³-hybridized carbons (Fsp3) is 0.562. The Bertz CT molecular complexity index is 419. The second-order valence-corrected chi connectivity index (χ2v) is 5.22. The molecule has 0 aromatic rings. The van der Waals surface area contributed by atoms with Crippen LogP contribution in [0.3, 0.4) is 0 Å². The zero-order valence-electron chi connectivity index (χ0n) is 11.9. The van der Waals surface area contributed by atoms with Gasteiger partial charge >= 0.3 is 5.97 Å². The van der Waals surface area contributed by atoms with E-state index in [0.717, 1.165) is 50.0 Å². The molecular weight excluding hydrogens is 256 g/mol. The van der Waals surface area contributed by atoms with E-state index in [9.17, 15) is 4.79 Å². The Morgan fingerprint density at radius 1 is 1.25 bits per heavy atom. The van der Waals surface area contributed by atoms with Crippen LogP contribution in [0.15, 0.2) is 35.3 Å². The molecule has 0 aromatic carbocycles. The standard InChI is InChI=1S/C16H22O4/c1-12(16(17)18)10-11-15(19-13-6-2-3-7-13)20-14-8-4-5-9-14/h6,8,10,15H,2-5,7,9,11H2,1H3,(H,17,18). The summed E-state index contributed by atoms with van der Waals surface area (Å²) in [5, 5.41) is 8.89. The molecule has 0 radical (unpaired) electrons. The number of carboxylic acids is 1. The summed E-state index contributed by atoms with van der Waals surface area (Å²) >= 11 is 0. The molecule has 0 heterocycles. The lowest BCUT2D eigenvalue weighted by Gasteiger charge is -2.21. The predicted octanol–water partition coefficient (Wildman–Crippen LogP) is 3.90. The van der Waals surface area contributed by atoms with Crippen LogP contribution in [0.1, 0.15) is 51.9 Å². The number of rotatable bonds is 7. The third-order valence-corrected chi connectivity index (χ3v) is 3.52. The second kappa shape index (κ2) is 7.17. The lowest BCUT2D eigenvalue weighted by Crippen LogP contribution is -2.16. The Labute approximate surface area is 119 Å². The molecule has 0 bridgehead atoms. The van der Waals surface area contributed by atoms with Crippen molar-refractivity contribution in [3.63, 3.8) is 0 Å². The van der Waals surface area contributed by atoms with E-state index in [-0.39, 0.29) is 0 Å². The zero-order valence-corrected chi connectivity index (χ0v) is 11.9. The molecule has 110 valence electrons. The molecule has 0 saturated carbocycles. The summed E-state index contributed by atoms with van der Waals surface area (Å²) in [5.41, 5.74) is 0.322. The van der Waals surface area contributed by atoms with Crippen molar-refractivity contribution in [1.82, 2.24) is 0 Å². The fourth-order valence-corrected chi connectivity index (χ4v) is 2.32. The van der Waals surface area contributed by atoms with E-state index < -0.39 is 12.3 Å². The highest BCUT2D eigenvalue weighted by molar-refractivity contribution is 5.85. The van der Waals surface area contributed by atoms with Crippen molar-refractivity contribution in [2.24, 2.45) is 0 Å². The molecule has 1 N–H and O–H groups in total. The van der Waals surface area contributed by atoms with Gasteiger partial charge in [0.15, 0.2) is 0 Å². The van der Waals surface area contributed by atoms with Crippen LogP contribution in [-0.2, 0) is 14.3 Å². The van der Waals surface area contributed by atoms with E-state index in [0.29, 0.717) is 12.0 Å². The maximum absolute atomic E-state index is 10.8. The van der Waals surface area contributed by atoms with E-state index in [4.69, 9.17) is 14.6 Å². The summed E-state index contributed by atoms with van der Waals surface area (Å²) < 4.78 is 11.7. The quantitative estimate of drug-likeness (QED) is 0.567. The molecule has 0 saturated heterocycles. The molecule has 4 nitrogen and oxygen atoms in total. The Kier molecular flexibility index (Phi) is 5.27. The minimum Gasteiger partial charge on any atom is -0.478 e. The van der Waals surface area contributed by atoms with Crippen LogP contribution in [0.25, 0.3) is 0 Å². The van der Waals surface area contributed by atoms with Gasteiger partial charge in [0.2, 0.25) is 6.29 Å². The Morgan fingerprint density at radius 3 is 2.20 bits per heavy atom. The van der Waals surface area contributed by atoms with Gasteiger partial charge in [-0.2, -0.15) is 0 Å². The minimum absolute atomic E-state index is 0.322. The molecule has 2 aliphatic carbocycles. The molecule has 0 amide bonds. The molecule has 0 aliphatic heterocycles. The van der Waals surface area contributed by atoms with Crippen molar-refractivity contribution in [2.75, 3.05) is 0 Å². The first-order valence-electron chi connectivity index (χ1n) is 7.26. The van der Waals surface area contributed by atoms with Crippen LogP contribution in [0.5, 0.6) is 0 Å². The number of allylic oxidation sites excluding steroid dienone is 4. The number of hydrogen-bond acceptors (Lipinski definition) is 3. The smallest absolute Gasteiger partial charge is 0.330 e. The Morgan fingerprint density at radius 2 is 1.80 bits per heavy atom. The molecule has 0 atom stereocenters. The zero-order chi connectivity index (χ0) is 14.4. The molecule has 2 rings (SSSR count). The second-order valence-electron chi connectivity index (χ2n) is 5.22. The summed E-state index contributed by atoms with van der Waals surface area (Å²) in [6.07, 6.45) is 12.1. The number of carbonyl (C=O) groups is 1. The summed E-state index contributed by atoms with van der Waals surface area (Å²) in [6, 6.07) is 0. The first-order valence-corrected chi connectivity index (χ1v) is 7.26. The summed E-state index contributed by atoms with van der Waals surface area (Å²) in [4.78, 5) is 10.8. The highest BCUT2D eigenvalue weighted by atomic mass is 16.7. The van der Waals surface area contributed by atoms with Gasteiger partial charge in [0, 0.05) is 24.8 Å². The van der Waals surface area contributed by atoms with Crippen LogP contribution in [0, 0.1) is 0 Å². The van der Waals surface area contributed by atoms with Crippen LogP contribution < -0.4 is 0 Å². The molecule has 20 heavy (non-hydrogen) atoms. The lowest BCUT2D eigenvalue weighted by atomic mass is 10.2. The molecule has 0 unspecified atom stereocenters. The minimum atomic E-state index is -0.899. The van der Waals surface area contributed by atoms with Crippen molar-refractivity contribution in [3.8, 4) is 0 Å². The van der Waals surface area contributed by atoms with Gasteiger partial charge in [-0.05, 0) is 44.8 Å². The average molecular weight is 278 g/mol. The number of aliphatic carboxylic acids is 1. The number of ether oxygens (including phenoxy) is 2. The van der Waals surface area contributed by atoms with Gasteiger partial charge in [0.05, 0.1) is 11.5 Å². The number of carboxylic acid groups (broad SMARTS) is 1. The maximum Gasteiger partial charge on any atom is 0.330 e. The summed E-state index contributed by atoms with van der Waals surface area (Å²) in [7, 11) is 0. The van der Waals surface area contributed by atoms with Crippen LogP contribution in [0.4, 0.5) is 0 Å². The molecule has 0 aromatic heterocycles. The van der Waals surface area contributed by atoms with Gasteiger partial charge < -0.3 is 14.6 Å². The van der Waals surface area contributed by atoms with Crippen LogP contribution in [-0.4, -0.2) is 17.4 Å². The highest BCUT2D eigenvalue weighted by Gasteiger charge is 2.18. The third-order valence-electron chi connectivity index (χ3n) is 3.52. The van der Waals surface area contributed by atoms with Crippen molar-refractivity contribution in [1.29, 1.82) is 0 Å². The van der Waals surface area contributed by atoms with E-state index >= 15 is 0 Å². The van der Waals surface area contributed by atoms with Crippen LogP contribution in [0.2, 0.25) is 0 Å². The van der Waals surface area contributed by atoms with Crippen LogP contribution >= 0.6 is 0 Å². The van der Waals surface area contributed by atoms with E-state index in [2.05, 4.69) is 12.2 Å². The predicted molar refractivity (Wildman–Crippen MR) is 75.8 cm³/mol. The van der Waals surface area contributed by atoms with Gasteiger partial charge in [-0.25, -0.2) is 4.79 Å². The molecule has 2 aliphatic rings. The lowest BCUT2D eigenvalue weighted by molar-refractivity contribution is -0.132. The average Bonchev–Trinajstić information content (AvgIpc) is 3.08. The first kappa shape index (κ1) is 14.7. The largest absolute Gasteiger partial charge is 0.478 e. The highest BCUT2D eigenvalue weighted by Crippen LogP contribution is 2.26. The molecule has 0 fully saturated rings. The Hall–Kier alpha value is -1.71. The van der Waals surface area contributed by atoms with Crippen molar-refractivity contribution in [3.05, 3.63) is 35.3 Å². The van der Waals surface area contributed by atoms with Crippen molar-refractivity contribution >= 4 is 5.97 Å². The Balaban J connectivity index is 1.94. The monoisotopic (exact) mass is 278 g/mol. The first-order chi connectivity index (χ1) is 9.65. The molecular formula is C16H22O4. The van der Waals surface area contributed by atoms with Crippen molar-refractivity contribution < 1.29 is 19.4 Å². The third kappa shape index (κ3) is 4.44. The van der Waals surface area contributed by atoms with E-state index in [1.807, 2.05) is 0 Å². The van der Waals surface area contributed by atoms with Crippen molar-refractivity contribution in [2.45, 2.75) is 58.2 Å². The summed E-state index contributed by atoms with van der Waals surface area (Å²) in [6.45, 7) is 1.59. The van der Waals surface area contributed by atoms with Gasteiger partial charge in [-0.3, -0.25) is 0 Å².